The Labute approximate surface area is 297 Å². The lowest BCUT2D eigenvalue weighted by Crippen LogP contribution is -2.75. The van der Waals surface area contributed by atoms with Gasteiger partial charge in [0.25, 0.3) is 0 Å². The monoisotopic (exact) mass is 662 g/mol. The number of para-hydroxylation sites is 2. The van der Waals surface area contributed by atoms with Gasteiger partial charge in [-0.25, -0.2) is 0 Å². The molecule has 52 heavy (non-hydrogen) atoms. The summed E-state index contributed by atoms with van der Waals surface area (Å²) in [4.78, 5) is 0. The molecular weight excluding hydrogens is 637 g/mol. The highest BCUT2D eigenvalue weighted by Gasteiger charge is 2.69. The number of ether oxygens (including phenoxy) is 1. The lowest BCUT2D eigenvalue weighted by atomic mass is 9.82. The van der Waals surface area contributed by atoms with Crippen LogP contribution in [0.3, 0.4) is 0 Å². The summed E-state index contributed by atoms with van der Waals surface area (Å²) in [7, 11) is 0. The molecule has 0 fully saturated rings. The molecule has 4 aliphatic rings. The predicted molar refractivity (Wildman–Crippen MR) is 203 cm³/mol. The van der Waals surface area contributed by atoms with Crippen LogP contribution in [0.5, 0.6) is 11.5 Å². The summed E-state index contributed by atoms with van der Waals surface area (Å²) in [6, 6.07) is 57.9. The highest BCUT2D eigenvalue weighted by atomic mass is 16.5. The summed E-state index contributed by atoms with van der Waals surface area (Å²) in [5, 5.41) is 5.02. The minimum absolute atomic E-state index is 0.726. The zero-order valence-electron chi connectivity index (χ0n) is 27.7. The quantitative estimate of drug-likeness (QED) is 0.169. The number of hydrogen-bond donors (Lipinski definition) is 0. The zero-order chi connectivity index (χ0) is 33.4. The second-order valence-electron chi connectivity index (χ2n) is 14.5. The number of pyridine rings is 2. The molecular formula is C47H26N4O+2. The van der Waals surface area contributed by atoms with Gasteiger partial charge in [0.05, 0.1) is 10.8 Å². The smallest absolute Gasteiger partial charge is 0.323 e. The molecule has 238 valence electrons. The van der Waals surface area contributed by atoms with Crippen molar-refractivity contribution >= 4 is 43.9 Å². The first kappa shape index (κ1) is 25.9. The van der Waals surface area contributed by atoms with Crippen LogP contribution in [-0.2, 0) is 5.66 Å². The molecule has 0 unspecified atom stereocenters. The van der Waals surface area contributed by atoms with E-state index in [1.807, 2.05) is 0 Å². The molecule has 0 atom stereocenters. The Morgan fingerprint density at radius 3 is 1.37 bits per heavy atom. The van der Waals surface area contributed by atoms with E-state index in [0.717, 1.165) is 22.9 Å². The van der Waals surface area contributed by atoms with E-state index in [0.29, 0.717) is 0 Å². The van der Waals surface area contributed by atoms with Gasteiger partial charge < -0.3 is 4.74 Å². The topological polar surface area (TPSA) is 26.8 Å². The Bertz CT molecular complexity index is 3090. The molecule has 0 aliphatic carbocycles. The fourth-order valence-corrected chi connectivity index (χ4v) is 10.5. The van der Waals surface area contributed by atoms with Gasteiger partial charge in [0.1, 0.15) is 45.0 Å². The third-order valence-corrected chi connectivity index (χ3v) is 12.2. The summed E-state index contributed by atoms with van der Waals surface area (Å²) in [6.45, 7) is 0. The van der Waals surface area contributed by atoms with Crippen molar-refractivity contribution in [3.63, 3.8) is 0 Å². The molecule has 5 heteroatoms. The van der Waals surface area contributed by atoms with E-state index in [1.165, 1.54) is 88.6 Å². The van der Waals surface area contributed by atoms with Gasteiger partial charge in [-0.2, -0.15) is 18.3 Å². The number of fused-ring (bicyclic) bond motifs is 9. The van der Waals surface area contributed by atoms with Gasteiger partial charge in [-0.05, 0) is 71.8 Å². The summed E-state index contributed by atoms with van der Waals surface area (Å²) in [5.41, 5.74) is 16.0. The summed E-state index contributed by atoms with van der Waals surface area (Å²) in [6.07, 6.45) is 0. The summed E-state index contributed by atoms with van der Waals surface area (Å²) >= 11 is 0. The van der Waals surface area contributed by atoms with Crippen molar-refractivity contribution in [3.05, 3.63) is 169 Å². The van der Waals surface area contributed by atoms with E-state index < -0.39 is 5.66 Å². The van der Waals surface area contributed by atoms with Crippen LogP contribution >= 0.6 is 0 Å². The predicted octanol–water partition coefficient (Wildman–Crippen LogP) is 9.80. The van der Waals surface area contributed by atoms with Crippen molar-refractivity contribution < 1.29 is 13.9 Å². The second kappa shape index (κ2) is 8.48. The van der Waals surface area contributed by atoms with Crippen molar-refractivity contribution in [2.75, 3.05) is 0 Å². The Morgan fingerprint density at radius 1 is 0.442 bits per heavy atom. The van der Waals surface area contributed by atoms with Crippen LogP contribution in [0.2, 0.25) is 0 Å². The first-order valence-corrected chi connectivity index (χ1v) is 18.0. The fourth-order valence-electron chi connectivity index (χ4n) is 10.5. The molecule has 4 aromatic heterocycles. The number of aromatic nitrogens is 4. The summed E-state index contributed by atoms with van der Waals surface area (Å²) < 4.78 is 17.4. The average Bonchev–Trinajstić information content (AvgIpc) is 3.83. The van der Waals surface area contributed by atoms with Crippen molar-refractivity contribution in [1.29, 1.82) is 0 Å². The summed E-state index contributed by atoms with van der Waals surface area (Å²) in [5.74, 6) is 1.80. The first-order valence-electron chi connectivity index (χ1n) is 18.0. The molecule has 0 bridgehead atoms. The third kappa shape index (κ3) is 2.60. The molecule has 8 heterocycles. The van der Waals surface area contributed by atoms with E-state index in [-0.39, 0.29) is 0 Å². The average molecular weight is 663 g/mol. The molecule has 4 aliphatic heterocycles. The van der Waals surface area contributed by atoms with Gasteiger partial charge in [-0.15, -0.1) is 0 Å². The molecule has 0 N–H and O–H groups in total. The SMILES string of the molecule is c1ccc(-c2cc3[n+]4c5c2c2ccccc2n5-c2cccc5c2C42c4c(cccc4-n4c6ccccc6c6c(-c7ccccc7)cc-3[n+]2c64)O5)cc1. The van der Waals surface area contributed by atoms with Crippen LogP contribution in [0.4, 0.5) is 0 Å². The number of hydrogen-bond acceptors (Lipinski definition) is 1. The minimum Gasteiger partial charge on any atom is -0.456 e. The molecule has 5 nitrogen and oxygen atoms in total. The second-order valence-corrected chi connectivity index (χ2v) is 14.5. The number of benzene rings is 6. The Kier molecular flexibility index (Phi) is 4.23. The molecule has 14 rings (SSSR count). The Hall–Kier alpha value is -6.98. The van der Waals surface area contributed by atoms with Gasteiger partial charge in [0, 0.05) is 21.9 Å². The van der Waals surface area contributed by atoms with Crippen LogP contribution < -0.4 is 13.9 Å². The third-order valence-electron chi connectivity index (χ3n) is 12.2. The van der Waals surface area contributed by atoms with Crippen molar-refractivity contribution in [1.82, 2.24) is 9.13 Å². The van der Waals surface area contributed by atoms with Crippen LogP contribution in [0, 0.1) is 0 Å². The van der Waals surface area contributed by atoms with E-state index in [9.17, 15) is 0 Å². The van der Waals surface area contributed by atoms with E-state index in [2.05, 4.69) is 176 Å². The van der Waals surface area contributed by atoms with Crippen LogP contribution in [0.25, 0.3) is 88.9 Å². The highest BCUT2D eigenvalue weighted by Crippen LogP contribution is 2.59. The minimum atomic E-state index is -0.726. The van der Waals surface area contributed by atoms with Crippen LogP contribution in [0.1, 0.15) is 11.1 Å². The largest absolute Gasteiger partial charge is 0.456 e. The maximum atomic E-state index is 7.02. The van der Waals surface area contributed by atoms with E-state index in [1.54, 1.807) is 0 Å². The number of nitrogens with zero attached hydrogens (tertiary/aromatic N) is 4. The standard InChI is InChI=1S/C47H26N4O/c1-3-13-27(14-4-1)31-25-37-38-26-32(28-15-5-2-6-16-28)42-30-18-8-10-20-34(30)49-36-22-12-24-40-44(36)47(51(38)46(42)49)43-35(21-11-23-39(43)52-40)48-33-19-9-7-17-29(33)41(31)45(48)50(37)47/h1-26H/q+2. The van der Waals surface area contributed by atoms with Gasteiger partial charge in [-0.3, -0.25) is 0 Å². The van der Waals surface area contributed by atoms with Gasteiger partial charge in [0.2, 0.25) is 0 Å². The number of rotatable bonds is 2. The molecule has 1 spiro atoms. The molecule has 0 saturated carbocycles. The van der Waals surface area contributed by atoms with E-state index in [4.69, 9.17) is 4.74 Å². The van der Waals surface area contributed by atoms with E-state index >= 15 is 0 Å². The zero-order valence-corrected chi connectivity index (χ0v) is 27.7. The Balaban J connectivity index is 1.34. The lowest BCUT2D eigenvalue weighted by Gasteiger charge is -2.39. The van der Waals surface area contributed by atoms with Crippen molar-refractivity contribution in [3.8, 4) is 56.5 Å². The fraction of sp³-hybridized carbons (Fsp3) is 0.0213. The van der Waals surface area contributed by atoms with Gasteiger partial charge >= 0.3 is 17.0 Å². The molecule has 0 radical (unpaired) electrons. The molecule has 6 aromatic carbocycles. The van der Waals surface area contributed by atoms with Crippen LogP contribution in [-0.4, -0.2) is 9.13 Å². The van der Waals surface area contributed by atoms with Gasteiger partial charge in [0.15, 0.2) is 11.4 Å². The van der Waals surface area contributed by atoms with Crippen molar-refractivity contribution in [2.45, 2.75) is 5.66 Å². The van der Waals surface area contributed by atoms with Gasteiger partial charge in [-0.1, -0.05) is 97.1 Å². The maximum absolute atomic E-state index is 7.02. The van der Waals surface area contributed by atoms with Crippen LogP contribution in [0.15, 0.2) is 158 Å². The lowest BCUT2D eigenvalue weighted by molar-refractivity contribution is -0.920. The molecule has 0 saturated heterocycles. The first-order chi connectivity index (χ1) is 25.8. The molecule has 10 aromatic rings. The maximum Gasteiger partial charge on any atom is 0.323 e. The Morgan fingerprint density at radius 2 is 0.885 bits per heavy atom. The van der Waals surface area contributed by atoms with Crippen molar-refractivity contribution in [2.24, 2.45) is 0 Å². The normalized spacial score (nSPS) is 14.5. The molecule has 0 amide bonds. The highest BCUT2D eigenvalue weighted by molar-refractivity contribution is 6.16.